The number of likely N-dealkylation sites (tertiary alicyclic amines) is 1. The van der Waals surface area contributed by atoms with Crippen molar-refractivity contribution in [3.8, 4) is 5.75 Å². The Balaban J connectivity index is 2.13. The number of ether oxygens (including phenoxy) is 2. The quantitative estimate of drug-likeness (QED) is 0.875. The van der Waals surface area contributed by atoms with E-state index in [1.54, 1.807) is 7.11 Å². The Hall–Kier alpha value is -1.10. The smallest absolute Gasteiger partial charge is 0.118 e. The Morgan fingerprint density at radius 3 is 2.62 bits per heavy atom. The van der Waals surface area contributed by atoms with E-state index in [4.69, 9.17) is 15.2 Å². The molecule has 1 aromatic rings. The molecular formula is C17H28N2O2. The summed E-state index contributed by atoms with van der Waals surface area (Å²) >= 11 is 0. The molecule has 4 heteroatoms. The first-order valence-electron chi connectivity index (χ1n) is 7.91. The second-order valence-corrected chi connectivity index (χ2v) is 5.79. The predicted octanol–water partition coefficient (Wildman–Crippen LogP) is 2.58. The van der Waals surface area contributed by atoms with Crippen LogP contribution in [0.3, 0.4) is 0 Å². The molecule has 21 heavy (non-hydrogen) atoms. The molecule has 1 aliphatic heterocycles. The molecule has 2 rings (SSSR count). The fourth-order valence-corrected chi connectivity index (χ4v) is 3.24. The molecule has 0 saturated carbocycles. The number of benzene rings is 1. The molecule has 0 spiro atoms. The van der Waals surface area contributed by atoms with Gasteiger partial charge in [0.25, 0.3) is 0 Å². The van der Waals surface area contributed by atoms with Gasteiger partial charge < -0.3 is 15.2 Å². The van der Waals surface area contributed by atoms with Crippen LogP contribution >= 0.6 is 0 Å². The third-order valence-corrected chi connectivity index (χ3v) is 4.16. The van der Waals surface area contributed by atoms with Crippen molar-refractivity contribution in [3.05, 3.63) is 29.8 Å². The van der Waals surface area contributed by atoms with Crippen molar-refractivity contribution < 1.29 is 9.47 Å². The highest BCUT2D eigenvalue weighted by Gasteiger charge is 2.29. The zero-order chi connectivity index (χ0) is 15.2. The van der Waals surface area contributed by atoms with Crippen LogP contribution in [0.25, 0.3) is 0 Å². The second kappa shape index (κ2) is 7.78. The summed E-state index contributed by atoms with van der Waals surface area (Å²) in [6.07, 6.45) is 2.66. The van der Waals surface area contributed by atoms with Gasteiger partial charge in [-0.3, -0.25) is 4.90 Å². The van der Waals surface area contributed by atoms with Gasteiger partial charge in [-0.2, -0.15) is 0 Å². The Morgan fingerprint density at radius 1 is 1.33 bits per heavy atom. The first-order valence-corrected chi connectivity index (χ1v) is 7.91. The lowest BCUT2D eigenvalue weighted by Gasteiger charge is -2.40. The molecule has 1 saturated heterocycles. The predicted molar refractivity (Wildman–Crippen MR) is 85.6 cm³/mol. The molecule has 3 unspecified atom stereocenters. The molecule has 1 heterocycles. The molecular weight excluding hydrogens is 264 g/mol. The van der Waals surface area contributed by atoms with E-state index in [1.807, 2.05) is 12.1 Å². The molecule has 118 valence electrons. The van der Waals surface area contributed by atoms with E-state index in [0.29, 0.717) is 6.10 Å². The second-order valence-electron chi connectivity index (χ2n) is 5.79. The van der Waals surface area contributed by atoms with Crippen molar-refractivity contribution in [1.29, 1.82) is 0 Å². The minimum atomic E-state index is 0.0822. The summed E-state index contributed by atoms with van der Waals surface area (Å²) in [5, 5.41) is 0. The number of hydrogen-bond donors (Lipinski definition) is 1. The van der Waals surface area contributed by atoms with Gasteiger partial charge in [-0.05, 0) is 50.9 Å². The highest BCUT2D eigenvalue weighted by molar-refractivity contribution is 5.30. The number of nitrogens with zero attached hydrogens (tertiary/aromatic N) is 1. The van der Waals surface area contributed by atoms with Crippen LogP contribution in [0.1, 0.15) is 38.3 Å². The topological polar surface area (TPSA) is 47.7 Å². The Kier molecular flexibility index (Phi) is 6.03. The van der Waals surface area contributed by atoms with E-state index in [1.165, 1.54) is 12.0 Å². The summed E-state index contributed by atoms with van der Waals surface area (Å²) in [4.78, 5) is 2.47. The van der Waals surface area contributed by atoms with Crippen molar-refractivity contribution in [3.63, 3.8) is 0 Å². The molecule has 0 aromatic heterocycles. The van der Waals surface area contributed by atoms with Gasteiger partial charge in [-0.25, -0.2) is 0 Å². The van der Waals surface area contributed by atoms with Crippen molar-refractivity contribution in [2.24, 2.45) is 5.73 Å². The lowest BCUT2D eigenvalue weighted by Crippen LogP contribution is -2.46. The van der Waals surface area contributed by atoms with Crippen LogP contribution in [0, 0.1) is 0 Å². The van der Waals surface area contributed by atoms with E-state index < -0.39 is 0 Å². The Bertz CT molecular complexity index is 417. The Labute approximate surface area is 128 Å². The minimum absolute atomic E-state index is 0.0822. The maximum absolute atomic E-state index is 6.28. The molecule has 4 nitrogen and oxygen atoms in total. The molecule has 1 aliphatic rings. The molecule has 2 N–H and O–H groups in total. The monoisotopic (exact) mass is 292 g/mol. The summed E-state index contributed by atoms with van der Waals surface area (Å²) in [7, 11) is 1.69. The van der Waals surface area contributed by atoms with Crippen LogP contribution in [-0.2, 0) is 4.74 Å². The Morgan fingerprint density at radius 2 is 2.05 bits per heavy atom. The van der Waals surface area contributed by atoms with Gasteiger partial charge >= 0.3 is 0 Å². The van der Waals surface area contributed by atoms with Crippen LogP contribution in [0.5, 0.6) is 5.75 Å². The maximum Gasteiger partial charge on any atom is 0.118 e. The molecule has 0 aliphatic carbocycles. The summed E-state index contributed by atoms with van der Waals surface area (Å²) in [6.45, 7) is 6.97. The number of methoxy groups -OCH3 is 1. The van der Waals surface area contributed by atoms with Crippen molar-refractivity contribution in [1.82, 2.24) is 4.90 Å². The van der Waals surface area contributed by atoms with Gasteiger partial charge in [-0.1, -0.05) is 12.1 Å². The van der Waals surface area contributed by atoms with Gasteiger partial charge in [0, 0.05) is 25.2 Å². The molecule has 0 radical (unpaired) electrons. The molecule has 0 amide bonds. The highest BCUT2D eigenvalue weighted by Crippen LogP contribution is 2.29. The van der Waals surface area contributed by atoms with Gasteiger partial charge in [-0.15, -0.1) is 0 Å². The minimum Gasteiger partial charge on any atom is -0.497 e. The van der Waals surface area contributed by atoms with Gasteiger partial charge in [0.2, 0.25) is 0 Å². The molecule has 3 atom stereocenters. The van der Waals surface area contributed by atoms with Crippen LogP contribution in [0.4, 0.5) is 0 Å². The zero-order valence-electron chi connectivity index (χ0n) is 13.4. The van der Waals surface area contributed by atoms with E-state index in [2.05, 4.69) is 30.9 Å². The number of hydrogen-bond acceptors (Lipinski definition) is 4. The van der Waals surface area contributed by atoms with Crippen LogP contribution in [-0.4, -0.2) is 43.9 Å². The molecule has 1 fully saturated rings. The summed E-state index contributed by atoms with van der Waals surface area (Å²) < 4.78 is 11.1. The fourth-order valence-electron chi connectivity index (χ4n) is 3.24. The maximum atomic E-state index is 6.28. The summed E-state index contributed by atoms with van der Waals surface area (Å²) in [5.74, 6) is 0.882. The number of nitrogens with two attached hydrogens (primary N) is 1. The molecule has 0 bridgehead atoms. The number of rotatable bonds is 6. The fraction of sp³-hybridized carbons (Fsp3) is 0.647. The third kappa shape index (κ3) is 4.19. The number of piperidine rings is 1. The van der Waals surface area contributed by atoms with Gasteiger partial charge in [0.1, 0.15) is 5.75 Å². The van der Waals surface area contributed by atoms with Gasteiger partial charge in [0.15, 0.2) is 0 Å². The van der Waals surface area contributed by atoms with Crippen molar-refractivity contribution in [2.45, 2.75) is 44.9 Å². The van der Waals surface area contributed by atoms with Gasteiger partial charge in [0.05, 0.1) is 13.2 Å². The molecule has 1 aromatic carbocycles. The normalized spacial score (nSPS) is 22.8. The third-order valence-electron chi connectivity index (χ3n) is 4.16. The SMILES string of the molecule is CCOC1CCCN(C(c2ccc(OC)cc2)C(C)N)C1. The first-order chi connectivity index (χ1) is 10.2. The van der Waals surface area contributed by atoms with Crippen molar-refractivity contribution >= 4 is 0 Å². The zero-order valence-corrected chi connectivity index (χ0v) is 13.4. The van der Waals surface area contributed by atoms with Crippen LogP contribution < -0.4 is 10.5 Å². The van der Waals surface area contributed by atoms with E-state index in [0.717, 1.165) is 31.9 Å². The van der Waals surface area contributed by atoms with E-state index in [-0.39, 0.29) is 12.1 Å². The van der Waals surface area contributed by atoms with Crippen molar-refractivity contribution in [2.75, 3.05) is 26.8 Å². The summed E-state index contributed by atoms with van der Waals surface area (Å²) in [6, 6.07) is 8.58. The highest BCUT2D eigenvalue weighted by atomic mass is 16.5. The lowest BCUT2D eigenvalue weighted by atomic mass is 9.96. The average Bonchev–Trinajstić information content (AvgIpc) is 2.48. The van der Waals surface area contributed by atoms with Crippen LogP contribution in [0.15, 0.2) is 24.3 Å². The summed E-state index contributed by atoms with van der Waals surface area (Å²) in [5.41, 5.74) is 7.53. The van der Waals surface area contributed by atoms with Crippen LogP contribution in [0.2, 0.25) is 0 Å². The lowest BCUT2D eigenvalue weighted by molar-refractivity contribution is -0.0106. The first kappa shape index (κ1) is 16.3. The average molecular weight is 292 g/mol. The van der Waals surface area contributed by atoms with E-state index >= 15 is 0 Å². The largest absolute Gasteiger partial charge is 0.497 e. The standard InChI is InChI=1S/C17H28N2O2/c1-4-21-16-6-5-11-19(12-16)17(13(2)18)14-7-9-15(20-3)10-8-14/h7-10,13,16-17H,4-6,11-12,18H2,1-3H3. The van der Waals surface area contributed by atoms with E-state index in [9.17, 15) is 0 Å².